The molecule has 1 atom stereocenters. The number of fused-ring (bicyclic) bond motifs is 1. The van der Waals surface area contributed by atoms with Gasteiger partial charge in [-0.05, 0) is 53.8 Å². The Morgan fingerprint density at radius 1 is 1.21 bits per heavy atom. The normalized spacial score (nSPS) is 19.0. The van der Waals surface area contributed by atoms with E-state index in [1.165, 1.54) is 29.7 Å². The summed E-state index contributed by atoms with van der Waals surface area (Å²) in [6.07, 6.45) is 3.47. The maximum Gasteiger partial charge on any atom is 0.258 e. The molecule has 1 amide bonds. The minimum Gasteiger partial charge on any atom is -0.313 e. The molecule has 6 heteroatoms. The van der Waals surface area contributed by atoms with Crippen molar-refractivity contribution in [3.05, 3.63) is 68.3 Å². The molecule has 29 heavy (non-hydrogen) atoms. The minimum absolute atomic E-state index is 0.0260. The van der Waals surface area contributed by atoms with E-state index in [2.05, 4.69) is 34.4 Å². The number of carbonyl (C=O) groups excluding carboxylic acids is 1. The monoisotopic (exact) mass is 405 g/mol. The molecular weight excluding hydrogens is 382 g/mol. The number of amides is 1. The van der Waals surface area contributed by atoms with Gasteiger partial charge in [-0.2, -0.15) is 5.10 Å². The maximum absolute atomic E-state index is 12.8. The van der Waals surface area contributed by atoms with Crippen LogP contribution >= 0.6 is 11.3 Å². The number of rotatable bonds is 4. The third-order valence-electron chi connectivity index (χ3n) is 6.03. The number of aryl methyl sites for hydroxylation is 1. The summed E-state index contributed by atoms with van der Waals surface area (Å²) in [6, 6.07) is 10.4. The van der Waals surface area contributed by atoms with Crippen LogP contribution in [0.3, 0.4) is 0 Å². The summed E-state index contributed by atoms with van der Waals surface area (Å²) in [6.45, 7) is 3.81. The number of thiophene rings is 1. The molecule has 0 saturated heterocycles. The molecule has 1 saturated carbocycles. The fraction of sp³-hybridized carbons (Fsp3) is 0.348. The maximum atomic E-state index is 12.8. The van der Waals surface area contributed by atoms with Gasteiger partial charge in [-0.25, -0.2) is 5.01 Å². The van der Waals surface area contributed by atoms with Gasteiger partial charge < -0.3 is 4.98 Å². The fourth-order valence-corrected chi connectivity index (χ4v) is 5.08. The van der Waals surface area contributed by atoms with Crippen LogP contribution in [0.25, 0.3) is 10.2 Å². The van der Waals surface area contributed by atoms with Gasteiger partial charge in [-0.15, -0.1) is 11.3 Å². The Hall–Kier alpha value is -2.73. The average molecular weight is 406 g/mol. The lowest BCUT2D eigenvalue weighted by atomic mass is 9.95. The van der Waals surface area contributed by atoms with Crippen molar-refractivity contribution in [2.45, 2.75) is 51.5 Å². The first kappa shape index (κ1) is 18.3. The Labute approximate surface area is 173 Å². The van der Waals surface area contributed by atoms with Gasteiger partial charge in [-0.1, -0.05) is 31.2 Å². The van der Waals surface area contributed by atoms with Crippen molar-refractivity contribution in [1.82, 2.24) is 9.99 Å². The quantitative estimate of drug-likeness (QED) is 0.673. The van der Waals surface area contributed by atoms with Crippen LogP contribution in [0.1, 0.15) is 66.8 Å². The van der Waals surface area contributed by atoms with Gasteiger partial charge in [0.1, 0.15) is 4.83 Å². The summed E-state index contributed by atoms with van der Waals surface area (Å²) < 4.78 is 0. The third-order valence-corrected chi connectivity index (χ3v) is 6.86. The second kappa shape index (κ2) is 6.95. The van der Waals surface area contributed by atoms with Crippen molar-refractivity contribution in [3.63, 3.8) is 0 Å². The van der Waals surface area contributed by atoms with Crippen molar-refractivity contribution < 1.29 is 4.79 Å². The van der Waals surface area contributed by atoms with Crippen LogP contribution in [-0.4, -0.2) is 21.6 Å². The van der Waals surface area contributed by atoms with Crippen LogP contribution in [0.5, 0.6) is 0 Å². The SMILES string of the molecule is CCC(=O)N1N=C(c2c(C)c3ccsc3[nH]c2=O)CC1c1ccc(C2CC2)cc1. The van der Waals surface area contributed by atoms with E-state index in [0.29, 0.717) is 30.0 Å². The molecule has 0 radical (unpaired) electrons. The minimum atomic E-state index is -0.164. The summed E-state index contributed by atoms with van der Waals surface area (Å²) in [7, 11) is 0. The first-order valence-electron chi connectivity index (χ1n) is 10.2. The van der Waals surface area contributed by atoms with Crippen LogP contribution in [0.4, 0.5) is 0 Å². The molecule has 0 spiro atoms. The molecule has 3 heterocycles. The standard InChI is InChI=1S/C23H23N3O2S/c1-3-20(27)26-19(16-8-6-15(7-9-16)14-4-5-14)12-18(25-26)21-13(2)17-10-11-29-23(17)24-22(21)28/h6-11,14,19H,3-5,12H2,1-2H3,(H,24,28). The van der Waals surface area contributed by atoms with Gasteiger partial charge in [-0.3, -0.25) is 9.59 Å². The predicted octanol–water partition coefficient (Wildman–Crippen LogP) is 4.86. The van der Waals surface area contributed by atoms with Crippen LogP contribution in [0.2, 0.25) is 0 Å². The second-order valence-corrected chi connectivity index (χ2v) is 8.83. The Balaban J connectivity index is 1.55. The summed E-state index contributed by atoms with van der Waals surface area (Å²) >= 11 is 1.52. The van der Waals surface area contributed by atoms with Gasteiger partial charge in [0, 0.05) is 18.2 Å². The van der Waals surface area contributed by atoms with E-state index in [0.717, 1.165) is 21.3 Å². The molecular formula is C23H23N3O2S. The smallest absolute Gasteiger partial charge is 0.258 e. The zero-order chi connectivity index (χ0) is 20.1. The average Bonchev–Trinajstić information content (AvgIpc) is 3.31. The van der Waals surface area contributed by atoms with Crippen LogP contribution in [0, 0.1) is 6.92 Å². The summed E-state index contributed by atoms with van der Waals surface area (Å²) in [4.78, 5) is 29.3. The number of H-pyrrole nitrogens is 1. The molecule has 1 aliphatic carbocycles. The van der Waals surface area contributed by atoms with Gasteiger partial charge >= 0.3 is 0 Å². The molecule has 3 aromatic rings. The number of hydrogen-bond acceptors (Lipinski definition) is 4. The highest BCUT2D eigenvalue weighted by Gasteiger charge is 2.34. The Bertz CT molecular complexity index is 1190. The molecule has 1 unspecified atom stereocenters. The largest absolute Gasteiger partial charge is 0.313 e. The number of hydrogen-bond donors (Lipinski definition) is 1. The molecule has 0 bridgehead atoms. The molecule has 1 aliphatic heterocycles. The lowest BCUT2D eigenvalue weighted by Crippen LogP contribution is -2.26. The molecule has 1 aromatic carbocycles. The van der Waals surface area contributed by atoms with Crippen molar-refractivity contribution in [1.29, 1.82) is 0 Å². The summed E-state index contributed by atoms with van der Waals surface area (Å²) in [5.41, 5.74) is 4.52. The number of aromatic nitrogens is 1. The van der Waals surface area contributed by atoms with Crippen LogP contribution < -0.4 is 5.56 Å². The summed E-state index contributed by atoms with van der Waals surface area (Å²) in [5, 5.41) is 9.25. The molecule has 1 fully saturated rings. The molecule has 2 aromatic heterocycles. The van der Waals surface area contributed by atoms with Gasteiger partial charge in [0.25, 0.3) is 5.56 Å². The number of carbonyl (C=O) groups is 1. The van der Waals surface area contributed by atoms with Gasteiger partial charge in [0.2, 0.25) is 5.91 Å². The highest BCUT2D eigenvalue weighted by atomic mass is 32.1. The Kier molecular flexibility index (Phi) is 4.39. The van der Waals surface area contributed by atoms with E-state index in [9.17, 15) is 9.59 Å². The van der Waals surface area contributed by atoms with E-state index in [-0.39, 0.29) is 17.5 Å². The molecule has 5 nitrogen and oxygen atoms in total. The highest BCUT2D eigenvalue weighted by molar-refractivity contribution is 7.16. The van der Waals surface area contributed by atoms with E-state index in [1.54, 1.807) is 5.01 Å². The van der Waals surface area contributed by atoms with Crippen molar-refractivity contribution in [2.24, 2.45) is 5.10 Å². The Morgan fingerprint density at radius 3 is 2.62 bits per heavy atom. The van der Waals surface area contributed by atoms with E-state index >= 15 is 0 Å². The second-order valence-electron chi connectivity index (χ2n) is 7.92. The van der Waals surface area contributed by atoms with Gasteiger partial charge in [0.05, 0.1) is 17.3 Å². The van der Waals surface area contributed by atoms with Crippen LogP contribution in [-0.2, 0) is 4.79 Å². The van der Waals surface area contributed by atoms with E-state index in [4.69, 9.17) is 0 Å². The lowest BCUT2D eigenvalue weighted by Gasteiger charge is -2.21. The molecule has 2 aliphatic rings. The number of nitrogens with zero attached hydrogens (tertiary/aromatic N) is 2. The van der Waals surface area contributed by atoms with Crippen LogP contribution in [0.15, 0.2) is 45.6 Å². The molecule has 5 rings (SSSR count). The number of benzene rings is 1. The van der Waals surface area contributed by atoms with Crippen molar-refractivity contribution in [2.75, 3.05) is 0 Å². The Morgan fingerprint density at radius 2 is 1.93 bits per heavy atom. The zero-order valence-corrected chi connectivity index (χ0v) is 17.4. The predicted molar refractivity (Wildman–Crippen MR) is 117 cm³/mol. The number of aromatic amines is 1. The zero-order valence-electron chi connectivity index (χ0n) is 16.6. The first-order valence-corrected chi connectivity index (χ1v) is 11.0. The van der Waals surface area contributed by atoms with Crippen molar-refractivity contribution >= 4 is 33.2 Å². The van der Waals surface area contributed by atoms with E-state index < -0.39 is 0 Å². The van der Waals surface area contributed by atoms with E-state index in [1.807, 2.05) is 25.3 Å². The molecule has 148 valence electrons. The molecule has 1 N–H and O–H groups in total. The third kappa shape index (κ3) is 3.12. The summed E-state index contributed by atoms with van der Waals surface area (Å²) in [5.74, 6) is 0.674. The highest BCUT2D eigenvalue weighted by Crippen LogP contribution is 2.41. The van der Waals surface area contributed by atoms with Crippen molar-refractivity contribution in [3.8, 4) is 0 Å². The lowest BCUT2D eigenvalue weighted by molar-refractivity contribution is -0.132. The fourth-order valence-electron chi connectivity index (χ4n) is 4.24. The number of hydrazone groups is 1. The number of nitrogens with one attached hydrogen (secondary N) is 1. The van der Waals surface area contributed by atoms with Gasteiger partial charge in [0.15, 0.2) is 0 Å². The number of pyridine rings is 1. The first-order chi connectivity index (χ1) is 14.1. The topological polar surface area (TPSA) is 65.5 Å².